The highest BCUT2D eigenvalue weighted by atomic mass is 79.9. The third-order valence-corrected chi connectivity index (χ3v) is 6.80. The van der Waals surface area contributed by atoms with Crippen molar-refractivity contribution in [3.63, 3.8) is 0 Å². The number of alkyl halides is 1. The summed E-state index contributed by atoms with van der Waals surface area (Å²) in [6.07, 6.45) is 5.34. The zero-order chi connectivity index (χ0) is 14.9. The molecular formula is C15H17BrN2O2S. The van der Waals surface area contributed by atoms with Crippen molar-refractivity contribution >= 4 is 36.7 Å². The van der Waals surface area contributed by atoms with E-state index in [4.69, 9.17) is 0 Å². The molecule has 6 heteroatoms. The van der Waals surface area contributed by atoms with Gasteiger partial charge in [-0.05, 0) is 30.9 Å². The molecule has 4 nitrogen and oxygen atoms in total. The zero-order valence-electron chi connectivity index (χ0n) is 11.6. The van der Waals surface area contributed by atoms with Crippen LogP contribution in [0.4, 0.5) is 0 Å². The Morgan fingerprint density at radius 3 is 3.00 bits per heavy atom. The summed E-state index contributed by atoms with van der Waals surface area (Å²) in [6.45, 7) is 1.20. The number of nitrogens with zero attached hydrogens (tertiary/aromatic N) is 2. The van der Waals surface area contributed by atoms with Gasteiger partial charge >= 0.3 is 0 Å². The molecule has 0 spiro atoms. The van der Waals surface area contributed by atoms with E-state index in [1.54, 1.807) is 34.9 Å². The van der Waals surface area contributed by atoms with E-state index in [-0.39, 0.29) is 0 Å². The number of benzene rings is 1. The van der Waals surface area contributed by atoms with Crippen molar-refractivity contribution in [3.05, 3.63) is 36.7 Å². The summed E-state index contributed by atoms with van der Waals surface area (Å²) in [5, 5.41) is 2.44. The van der Waals surface area contributed by atoms with Gasteiger partial charge < -0.3 is 0 Å². The van der Waals surface area contributed by atoms with Crippen LogP contribution < -0.4 is 0 Å². The zero-order valence-corrected chi connectivity index (χ0v) is 14.0. The van der Waals surface area contributed by atoms with Crippen LogP contribution in [0, 0.1) is 5.92 Å². The Kier molecular flexibility index (Phi) is 4.28. The number of pyridine rings is 1. The Labute approximate surface area is 133 Å². The molecule has 0 bridgehead atoms. The van der Waals surface area contributed by atoms with Gasteiger partial charge in [0, 0.05) is 41.6 Å². The molecule has 0 saturated carbocycles. The highest BCUT2D eigenvalue weighted by Gasteiger charge is 2.30. The maximum Gasteiger partial charge on any atom is 0.243 e. The Balaban J connectivity index is 2.04. The Hall–Kier alpha value is -0.980. The van der Waals surface area contributed by atoms with E-state index in [0.717, 1.165) is 28.9 Å². The number of aromatic nitrogens is 1. The summed E-state index contributed by atoms with van der Waals surface area (Å²) in [7, 11) is -3.45. The summed E-state index contributed by atoms with van der Waals surface area (Å²) in [5.41, 5.74) is 0. The maximum atomic E-state index is 13.0. The second-order valence-electron chi connectivity index (χ2n) is 5.38. The molecule has 3 rings (SSSR count). The molecule has 112 valence electrons. The Morgan fingerprint density at radius 2 is 2.19 bits per heavy atom. The average molecular weight is 369 g/mol. The molecule has 1 aliphatic rings. The standard InChI is InChI=1S/C15H17BrN2O2S/c16-9-12-3-2-8-18(11-12)21(19,20)15-5-1-4-13-10-17-7-6-14(13)15/h1,4-7,10,12H,2-3,8-9,11H2. The minimum Gasteiger partial charge on any atom is -0.264 e. The lowest BCUT2D eigenvalue weighted by Crippen LogP contribution is -2.40. The molecule has 0 aliphatic carbocycles. The molecule has 2 aromatic rings. The van der Waals surface area contributed by atoms with Gasteiger partial charge in [0.25, 0.3) is 0 Å². The Morgan fingerprint density at radius 1 is 1.33 bits per heavy atom. The van der Waals surface area contributed by atoms with E-state index in [0.29, 0.717) is 23.9 Å². The van der Waals surface area contributed by atoms with Crippen LogP contribution in [0.1, 0.15) is 12.8 Å². The maximum absolute atomic E-state index is 13.0. The lowest BCUT2D eigenvalue weighted by Gasteiger charge is -2.31. The summed E-state index contributed by atoms with van der Waals surface area (Å²) in [6, 6.07) is 7.13. The predicted molar refractivity (Wildman–Crippen MR) is 87.0 cm³/mol. The molecule has 1 aromatic heterocycles. The van der Waals surface area contributed by atoms with Crippen LogP contribution >= 0.6 is 15.9 Å². The van der Waals surface area contributed by atoms with Crippen LogP contribution in [0.5, 0.6) is 0 Å². The summed E-state index contributed by atoms with van der Waals surface area (Å²) in [5.74, 6) is 0.394. The lowest BCUT2D eigenvalue weighted by molar-refractivity contribution is 0.285. The molecule has 1 aliphatic heterocycles. The number of halogens is 1. The van der Waals surface area contributed by atoms with E-state index in [1.165, 1.54) is 0 Å². The fraction of sp³-hybridized carbons (Fsp3) is 0.400. The quantitative estimate of drug-likeness (QED) is 0.782. The van der Waals surface area contributed by atoms with Crippen molar-refractivity contribution in [1.82, 2.24) is 9.29 Å². The minimum atomic E-state index is -3.45. The van der Waals surface area contributed by atoms with Crippen LogP contribution in [0.25, 0.3) is 10.8 Å². The molecule has 1 aromatic carbocycles. The predicted octanol–water partition coefficient (Wildman–Crippen LogP) is 3.03. The summed E-state index contributed by atoms with van der Waals surface area (Å²) < 4.78 is 27.5. The lowest BCUT2D eigenvalue weighted by atomic mass is 10.0. The minimum absolute atomic E-state index is 0.387. The molecule has 2 heterocycles. The van der Waals surface area contributed by atoms with E-state index >= 15 is 0 Å². The topological polar surface area (TPSA) is 50.3 Å². The number of sulfonamides is 1. The van der Waals surface area contributed by atoms with Gasteiger partial charge in [0.05, 0.1) is 4.90 Å². The highest BCUT2D eigenvalue weighted by molar-refractivity contribution is 9.09. The number of hydrogen-bond donors (Lipinski definition) is 0. The van der Waals surface area contributed by atoms with Crippen LogP contribution in [0.3, 0.4) is 0 Å². The monoisotopic (exact) mass is 368 g/mol. The fourth-order valence-corrected chi connectivity index (χ4v) is 5.13. The van der Waals surface area contributed by atoms with E-state index in [1.807, 2.05) is 6.07 Å². The van der Waals surface area contributed by atoms with Crippen molar-refractivity contribution in [1.29, 1.82) is 0 Å². The van der Waals surface area contributed by atoms with Gasteiger partial charge in [-0.1, -0.05) is 28.1 Å². The third kappa shape index (κ3) is 2.84. The molecule has 1 atom stereocenters. The highest BCUT2D eigenvalue weighted by Crippen LogP contribution is 2.28. The normalized spacial score (nSPS) is 20.7. The van der Waals surface area contributed by atoms with Gasteiger partial charge in [0.15, 0.2) is 0 Å². The van der Waals surface area contributed by atoms with Crippen LogP contribution in [-0.2, 0) is 10.0 Å². The average Bonchev–Trinajstić information content (AvgIpc) is 2.54. The largest absolute Gasteiger partial charge is 0.264 e. The molecule has 1 unspecified atom stereocenters. The van der Waals surface area contributed by atoms with E-state index in [9.17, 15) is 8.42 Å². The Bertz CT molecular complexity index is 743. The third-order valence-electron chi connectivity index (χ3n) is 3.96. The smallest absolute Gasteiger partial charge is 0.243 e. The first-order valence-corrected chi connectivity index (χ1v) is 9.58. The van der Waals surface area contributed by atoms with E-state index < -0.39 is 10.0 Å². The van der Waals surface area contributed by atoms with Crippen molar-refractivity contribution in [2.75, 3.05) is 18.4 Å². The first kappa shape index (κ1) is 14.9. The van der Waals surface area contributed by atoms with Gasteiger partial charge in [-0.25, -0.2) is 8.42 Å². The molecular weight excluding hydrogens is 352 g/mol. The second-order valence-corrected chi connectivity index (χ2v) is 7.93. The second kappa shape index (κ2) is 6.02. The number of fused-ring (bicyclic) bond motifs is 1. The van der Waals surface area contributed by atoms with Crippen molar-refractivity contribution in [2.24, 2.45) is 5.92 Å². The molecule has 0 radical (unpaired) electrons. The van der Waals surface area contributed by atoms with Crippen LogP contribution in [-0.4, -0.2) is 36.1 Å². The molecule has 0 N–H and O–H groups in total. The number of rotatable bonds is 3. The van der Waals surface area contributed by atoms with Gasteiger partial charge in [-0.2, -0.15) is 4.31 Å². The van der Waals surface area contributed by atoms with E-state index in [2.05, 4.69) is 20.9 Å². The van der Waals surface area contributed by atoms with Crippen LogP contribution in [0.15, 0.2) is 41.6 Å². The van der Waals surface area contributed by atoms with Crippen molar-refractivity contribution in [2.45, 2.75) is 17.7 Å². The summed E-state index contributed by atoms with van der Waals surface area (Å²) in [4.78, 5) is 4.45. The van der Waals surface area contributed by atoms with Gasteiger partial charge in [-0.15, -0.1) is 0 Å². The van der Waals surface area contributed by atoms with Gasteiger partial charge in [-0.3, -0.25) is 4.98 Å². The number of hydrogen-bond acceptors (Lipinski definition) is 3. The first-order chi connectivity index (χ1) is 10.1. The SMILES string of the molecule is O=S(=O)(c1cccc2cnccc12)N1CCCC(CBr)C1. The fourth-order valence-electron chi connectivity index (χ4n) is 2.83. The first-order valence-electron chi connectivity index (χ1n) is 7.02. The molecule has 21 heavy (non-hydrogen) atoms. The number of piperidine rings is 1. The van der Waals surface area contributed by atoms with Crippen molar-refractivity contribution in [3.8, 4) is 0 Å². The summed E-state index contributed by atoms with van der Waals surface area (Å²) >= 11 is 3.47. The molecule has 0 amide bonds. The van der Waals surface area contributed by atoms with Gasteiger partial charge in [0.1, 0.15) is 0 Å². The molecule has 1 saturated heterocycles. The van der Waals surface area contributed by atoms with Crippen molar-refractivity contribution < 1.29 is 8.42 Å². The molecule has 1 fully saturated rings. The van der Waals surface area contributed by atoms with Gasteiger partial charge in [0.2, 0.25) is 10.0 Å². The van der Waals surface area contributed by atoms with Crippen LogP contribution in [0.2, 0.25) is 0 Å².